The van der Waals surface area contributed by atoms with Crippen molar-refractivity contribution in [3.05, 3.63) is 23.7 Å². The molecule has 0 saturated heterocycles. The van der Waals surface area contributed by atoms with Crippen LogP contribution in [0.5, 0.6) is 0 Å². The lowest BCUT2D eigenvalue weighted by atomic mass is 10.3. The SMILES string of the molecule is OCc1ccc(CNCC(F)(F)CO)o1. The van der Waals surface area contributed by atoms with Crippen LogP contribution in [0.3, 0.4) is 0 Å². The van der Waals surface area contributed by atoms with Gasteiger partial charge in [-0.15, -0.1) is 0 Å². The van der Waals surface area contributed by atoms with Crippen LogP contribution in [0.4, 0.5) is 8.78 Å². The topological polar surface area (TPSA) is 65.6 Å². The number of hydrogen-bond acceptors (Lipinski definition) is 4. The van der Waals surface area contributed by atoms with E-state index in [0.29, 0.717) is 11.5 Å². The van der Waals surface area contributed by atoms with Crippen LogP contribution in [0.2, 0.25) is 0 Å². The summed E-state index contributed by atoms with van der Waals surface area (Å²) >= 11 is 0. The molecule has 0 aliphatic rings. The van der Waals surface area contributed by atoms with Crippen molar-refractivity contribution in [2.24, 2.45) is 0 Å². The van der Waals surface area contributed by atoms with Crippen LogP contribution in [0, 0.1) is 0 Å². The maximum atomic E-state index is 12.5. The maximum absolute atomic E-state index is 12.5. The van der Waals surface area contributed by atoms with Gasteiger partial charge in [-0.1, -0.05) is 0 Å². The second-order valence-corrected chi connectivity index (χ2v) is 3.14. The van der Waals surface area contributed by atoms with E-state index in [-0.39, 0.29) is 13.2 Å². The van der Waals surface area contributed by atoms with E-state index >= 15 is 0 Å². The highest BCUT2D eigenvalue weighted by molar-refractivity contribution is 5.06. The first kappa shape index (κ1) is 12.1. The molecule has 6 heteroatoms. The first-order chi connectivity index (χ1) is 7.07. The molecule has 0 aliphatic heterocycles. The molecular weight excluding hydrogens is 208 g/mol. The minimum absolute atomic E-state index is 0.135. The third-order valence-corrected chi connectivity index (χ3v) is 1.79. The Balaban J connectivity index is 2.31. The van der Waals surface area contributed by atoms with Gasteiger partial charge < -0.3 is 19.9 Å². The average molecular weight is 221 g/mol. The van der Waals surface area contributed by atoms with Crippen molar-refractivity contribution in [1.29, 1.82) is 0 Å². The molecule has 0 fully saturated rings. The molecule has 86 valence electrons. The Labute approximate surface area is 85.5 Å². The fourth-order valence-electron chi connectivity index (χ4n) is 1.03. The Morgan fingerprint density at radius 1 is 1.27 bits per heavy atom. The summed E-state index contributed by atoms with van der Waals surface area (Å²) in [5, 5.41) is 19.4. The van der Waals surface area contributed by atoms with Crippen molar-refractivity contribution in [2.45, 2.75) is 19.1 Å². The smallest absolute Gasteiger partial charge is 0.282 e. The third-order valence-electron chi connectivity index (χ3n) is 1.79. The lowest BCUT2D eigenvalue weighted by Crippen LogP contribution is -2.35. The number of rotatable bonds is 6. The van der Waals surface area contributed by atoms with Crippen molar-refractivity contribution >= 4 is 0 Å². The molecule has 0 unspecified atom stereocenters. The molecule has 0 radical (unpaired) electrons. The number of aliphatic hydroxyl groups is 2. The van der Waals surface area contributed by atoms with Gasteiger partial charge in [0, 0.05) is 0 Å². The Morgan fingerprint density at radius 3 is 2.47 bits per heavy atom. The zero-order valence-electron chi connectivity index (χ0n) is 8.04. The van der Waals surface area contributed by atoms with Crippen molar-refractivity contribution in [3.63, 3.8) is 0 Å². The molecule has 0 bridgehead atoms. The molecule has 0 spiro atoms. The summed E-state index contributed by atoms with van der Waals surface area (Å²) in [6.07, 6.45) is 0. The molecule has 0 aliphatic carbocycles. The van der Waals surface area contributed by atoms with Crippen LogP contribution in [0.1, 0.15) is 11.5 Å². The Hall–Kier alpha value is -0.980. The molecule has 15 heavy (non-hydrogen) atoms. The van der Waals surface area contributed by atoms with Gasteiger partial charge in [-0.3, -0.25) is 0 Å². The largest absolute Gasteiger partial charge is 0.462 e. The summed E-state index contributed by atoms with van der Waals surface area (Å²) in [5.74, 6) is -2.26. The minimum atomic E-state index is -3.12. The molecule has 1 rings (SSSR count). The van der Waals surface area contributed by atoms with E-state index in [1.807, 2.05) is 0 Å². The van der Waals surface area contributed by atoms with E-state index in [2.05, 4.69) is 5.32 Å². The summed E-state index contributed by atoms with van der Waals surface area (Å²) < 4.78 is 30.1. The molecule has 0 atom stereocenters. The van der Waals surface area contributed by atoms with Gasteiger partial charge in [0.15, 0.2) is 0 Å². The number of halogens is 2. The fourth-order valence-corrected chi connectivity index (χ4v) is 1.03. The molecule has 3 N–H and O–H groups in total. The van der Waals surface area contributed by atoms with E-state index in [1.165, 1.54) is 0 Å². The van der Waals surface area contributed by atoms with E-state index in [9.17, 15) is 8.78 Å². The van der Waals surface area contributed by atoms with Gasteiger partial charge in [-0.2, -0.15) is 0 Å². The van der Waals surface area contributed by atoms with Gasteiger partial charge in [0.25, 0.3) is 5.92 Å². The minimum Gasteiger partial charge on any atom is -0.462 e. The van der Waals surface area contributed by atoms with Crippen LogP contribution in [0.15, 0.2) is 16.5 Å². The van der Waals surface area contributed by atoms with Gasteiger partial charge in [0.1, 0.15) is 24.7 Å². The second kappa shape index (κ2) is 5.20. The first-order valence-electron chi connectivity index (χ1n) is 4.45. The number of furan rings is 1. The molecule has 0 amide bonds. The predicted molar refractivity (Wildman–Crippen MR) is 48.4 cm³/mol. The van der Waals surface area contributed by atoms with Gasteiger partial charge in [0.05, 0.1) is 13.1 Å². The van der Waals surface area contributed by atoms with Crippen molar-refractivity contribution in [1.82, 2.24) is 5.32 Å². The van der Waals surface area contributed by atoms with E-state index in [4.69, 9.17) is 14.6 Å². The molecule has 4 nitrogen and oxygen atoms in total. The van der Waals surface area contributed by atoms with Crippen LogP contribution >= 0.6 is 0 Å². The average Bonchev–Trinajstić information content (AvgIpc) is 2.66. The highest BCUT2D eigenvalue weighted by atomic mass is 19.3. The van der Waals surface area contributed by atoms with Gasteiger partial charge in [-0.05, 0) is 12.1 Å². The second-order valence-electron chi connectivity index (χ2n) is 3.14. The van der Waals surface area contributed by atoms with Gasteiger partial charge in [0.2, 0.25) is 0 Å². The molecule has 0 aromatic carbocycles. The van der Waals surface area contributed by atoms with E-state index in [0.717, 1.165) is 0 Å². The number of alkyl halides is 2. The Bertz CT molecular complexity index is 301. The van der Waals surface area contributed by atoms with Crippen LogP contribution < -0.4 is 5.32 Å². The molecule has 1 aromatic heterocycles. The normalized spacial score (nSPS) is 12.0. The summed E-state index contributed by atoms with van der Waals surface area (Å²) in [5.41, 5.74) is 0. The quantitative estimate of drug-likeness (QED) is 0.654. The Morgan fingerprint density at radius 2 is 1.93 bits per heavy atom. The predicted octanol–water partition coefficient (Wildman–Crippen LogP) is 0.489. The lowest BCUT2D eigenvalue weighted by molar-refractivity contribution is -0.0480. The van der Waals surface area contributed by atoms with Crippen molar-refractivity contribution in [3.8, 4) is 0 Å². The fraction of sp³-hybridized carbons (Fsp3) is 0.556. The standard InChI is InChI=1S/C9H13F2NO3/c10-9(11,6-14)5-12-3-7-1-2-8(4-13)15-7/h1-2,12-14H,3-6H2. The van der Waals surface area contributed by atoms with E-state index in [1.54, 1.807) is 12.1 Å². The first-order valence-corrected chi connectivity index (χ1v) is 4.45. The number of aliphatic hydroxyl groups excluding tert-OH is 2. The molecular formula is C9H13F2NO3. The number of nitrogens with one attached hydrogen (secondary N) is 1. The van der Waals surface area contributed by atoms with Crippen molar-refractivity contribution in [2.75, 3.05) is 13.2 Å². The Kier molecular flexibility index (Phi) is 4.19. The summed E-state index contributed by atoms with van der Waals surface area (Å²) in [6, 6.07) is 3.16. The molecule has 1 heterocycles. The van der Waals surface area contributed by atoms with Crippen molar-refractivity contribution < 1.29 is 23.4 Å². The third kappa shape index (κ3) is 3.94. The molecule has 1 aromatic rings. The zero-order chi connectivity index (χ0) is 11.3. The maximum Gasteiger partial charge on any atom is 0.282 e. The molecule has 0 saturated carbocycles. The van der Waals surface area contributed by atoms with Gasteiger partial charge in [-0.25, -0.2) is 8.78 Å². The highest BCUT2D eigenvalue weighted by Gasteiger charge is 2.26. The summed E-state index contributed by atoms with van der Waals surface area (Å²) in [6.45, 7) is -1.87. The monoisotopic (exact) mass is 221 g/mol. The van der Waals surface area contributed by atoms with Gasteiger partial charge >= 0.3 is 0 Å². The van der Waals surface area contributed by atoms with Crippen LogP contribution in [-0.4, -0.2) is 29.3 Å². The lowest BCUT2D eigenvalue weighted by Gasteiger charge is -2.12. The summed E-state index contributed by atoms with van der Waals surface area (Å²) in [4.78, 5) is 0. The van der Waals surface area contributed by atoms with Crippen LogP contribution in [0.25, 0.3) is 0 Å². The van der Waals surface area contributed by atoms with Crippen LogP contribution in [-0.2, 0) is 13.2 Å². The summed E-state index contributed by atoms with van der Waals surface area (Å²) in [7, 11) is 0. The zero-order valence-corrected chi connectivity index (χ0v) is 8.04. The van der Waals surface area contributed by atoms with E-state index < -0.39 is 19.1 Å². The number of hydrogen-bond donors (Lipinski definition) is 3. The highest BCUT2D eigenvalue weighted by Crippen LogP contribution is 2.11.